The molecule has 1 aliphatic heterocycles. The largest absolute Gasteiger partial charge is 0.317 e. The van der Waals surface area contributed by atoms with Crippen LogP contribution in [0.1, 0.15) is 5.69 Å². The Bertz CT molecular complexity index is 777. The summed E-state index contributed by atoms with van der Waals surface area (Å²) in [6.07, 6.45) is 3.70. The lowest BCUT2D eigenvalue weighted by Gasteiger charge is -2.07. The molecule has 1 fully saturated rings. The zero-order valence-corrected chi connectivity index (χ0v) is 13.0. The maximum atomic E-state index is 13.0. The van der Waals surface area contributed by atoms with Crippen LogP contribution in [0, 0.1) is 5.82 Å². The highest BCUT2D eigenvalue weighted by molar-refractivity contribution is 8.18. The van der Waals surface area contributed by atoms with E-state index in [1.807, 2.05) is 29.0 Å². The summed E-state index contributed by atoms with van der Waals surface area (Å²) in [5.41, 5.74) is 1.69. The van der Waals surface area contributed by atoms with E-state index in [4.69, 9.17) is 0 Å². The number of aromatic nitrogens is 1. The molecule has 1 aliphatic rings. The number of thioether (sulfide) groups is 1. The molecule has 0 N–H and O–H groups in total. The van der Waals surface area contributed by atoms with E-state index in [9.17, 15) is 9.18 Å². The van der Waals surface area contributed by atoms with Gasteiger partial charge < -0.3 is 4.57 Å². The molecular weight excluding hydrogens is 301 g/mol. The van der Waals surface area contributed by atoms with Gasteiger partial charge in [0.2, 0.25) is 0 Å². The van der Waals surface area contributed by atoms with Crippen LogP contribution in [-0.4, -0.2) is 34.6 Å². The molecule has 1 saturated heterocycles. The molecule has 0 saturated carbocycles. The Labute approximate surface area is 132 Å². The van der Waals surface area contributed by atoms with E-state index in [1.54, 1.807) is 26.2 Å². The monoisotopic (exact) mass is 315 g/mol. The Kier molecular flexibility index (Phi) is 3.85. The predicted molar refractivity (Wildman–Crippen MR) is 87.4 cm³/mol. The zero-order valence-electron chi connectivity index (χ0n) is 12.2. The van der Waals surface area contributed by atoms with E-state index in [2.05, 4.69) is 4.99 Å². The van der Waals surface area contributed by atoms with Crippen LogP contribution >= 0.6 is 11.8 Å². The topological polar surface area (TPSA) is 37.6 Å². The van der Waals surface area contributed by atoms with Crippen LogP contribution < -0.4 is 0 Å². The van der Waals surface area contributed by atoms with Gasteiger partial charge in [0.15, 0.2) is 5.17 Å². The van der Waals surface area contributed by atoms with Gasteiger partial charge in [0.05, 0.1) is 4.91 Å². The molecule has 0 spiro atoms. The Balaban J connectivity index is 1.98. The van der Waals surface area contributed by atoms with Crippen molar-refractivity contribution < 1.29 is 9.18 Å². The Morgan fingerprint density at radius 3 is 2.59 bits per heavy atom. The number of amidine groups is 1. The summed E-state index contributed by atoms with van der Waals surface area (Å²) in [5, 5.41) is 0.677. The standard InChI is InChI=1S/C16H14FN3OS/c1-18-16-19(2)15(21)14(22-16)10-13-4-3-9-20(13)12-7-5-11(17)6-8-12/h3-10H,1-2H3. The minimum Gasteiger partial charge on any atom is -0.317 e. The molecule has 1 aromatic heterocycles. The molecule has 0 aliphatic carbocycles. The molecule has 112 valence electrons. The highest BCUT2D eigenvalue weighted by Crippen LogP contribution is 2.31. The lowest BCUT2D eigenvalue weighted by molar-refractivity contribution is -0.121. The van der Waals surface area contributed by atoms with Gasteiger partial charge in [-0.2, -0.15) is 0 Å². The maximum absolute atomic E-state index is 13.0. The van der Waals surface area contributed by atoms with E-state index >= 15 is 0 Å². The van der Waals surface area contributed by atoms with Crippen molar-refractivity contribution in [2.75, 3.05) is 14.1 Å². The molecule has 22 heavy (non-hydrogen) atoms. The first-order valence-electron chi connectivity index (χ1n) is 6.68. The molecule has 6 heteroatoms. The summed E-state index contributed by atoms with van der Waals surface area (Å²) in [4.78, 5) is 18.4. The van der Waals surface area contributed by atoms with Gasteiger partial charge in [-0.05, 0) is 54.2 Å². The fourth-order valence-electron chi connectivity index (χ4n) is 2.23. The van der Waals surface area contributed by atoms with Crippen LogP contribution in [0.5, 0.6) is 0 Å². The predicted octanol–water partition coefficient (Wildman–Crippen LogP) is 3.15. The highest BCUT2D eigenvalue weighted by atomic mass is 32.2. The van der Waals surface area contributed by atoms with Gasteiger partial charge in [0, 0.05) is 31.7 Å². The zero-order chi connectivity index (χ0) is 15.7. The smallest absolute Gasteiger partial charge is 0.266 e. The minimum atomic E-state index is -0.275. The van der Waals surface area contributed by atoms with Crippen LogP contribution in [0.3, 0.4) is 0 Å². The Morgan fingerprint density at radius 2 is 1.95 bits per heavy atom. The summed E-state index contributed by atoms with van der Waals surface area (Å²) in [5.74, 6) is -0.347. The summed E-state index contributed by atoms with van der Waals surface area (Å²) in [6.45, 7) is 0. The number of halogens is 1. The summed E-state index contributed by atoms with van der Waals surface area (Å²) >= 11 is 1.35. The first-order chi connectivity index (χ1) is 10.6. The van der Waals surface area contributed by atoms with Crippen LogP contribution in [0.25, 0.3) is 11.8 Å². The van der Waals surface area contributed by atoms with Crippen molar-refractivity contribution in [1.29, 1.82) is 0 Å². The Morgan fingerprint density at radius 1 is 1.23 bits per heavy atom. The first kappa shape index (κ1) is 14.6. The SMILES string of the molecule is CN=C1SC(=Cc2cccn2-c2ccc(F)cc2)C(=O)N1C. The lowest BCUT2D eigenvalue weighted by atomic mass is 10.3. The van der Waals surface area contributed by atoms with Gasteiger partial charge in [0.25, 0.3) is 5.91 Å². The van der Waals surface area contributed by atoms with Crippen molar-refractivity contribution in [2.45, 2.75) is 0 Å². The number of benzene rings is 1. The third kappa shape index (κ3) is 2.57. The van der Waals surface area contributed by atoms with E-state index in [-0.39, 0.29) is 11.7 Å². The quantitative estimate of drug-likeness (QED) is 0.799. The molecule has 2 heterocycles. The summed E-state index contributed by atoms with van der Waals surface area (Å²) < 4.78 is 14.9. The van der Waals surface area contributed by atoms with Crippen molar-refractivity contribution in [2.24, 2.45) is 4.99 Å². The van der Waals surface area contributed by atoms with E-state index in [0.717, 1.165) is 11.4 Å². The van der Waals surface area contributed by atoms with Crippen LogP contribution in [-0.2, 0) is 4.79 Å². The normalized spacial score (nSPS) is 18.7. The molecule has 2 aromatic rings. The molecule has 3 rings (SSSR count). The van der Waals surface area contributed by atoms with Crippen molar-refractivity contribution in [1.82, 2.24) is 9.47 Å². The van der Waals surface area contributed by atoms with Gasteiger partial charge >= 0.3 is 0 Å². The molecule has 4 nitrogen and oxygen atoms in total. The fourth-order valence-corrected chi connectivity index (χ4v) is 3.14. The second kappa shape index (κ2) is 5.81. The van der Waals surface area contributed by atoms with Crippen molar-refractivity contribution in [3.63, 3.8) is 0 Å². The third-order valence-corrected chi connectivity index (χ3v) is 4.51. The van der Waals surface area contributed by atoms with E-state index in [0.29, 0.717) is 10.1 Å². The molecule has 0 radical (unpaired) electrons. The second-order valence-electron chi connectivity index (χ2n) is 4.76. The molecule has 1 aromatic carbocycles. The number of hydrogen-bond acceptors (Lipinski definition) is 3. The third-order valence-electron chi connectivity index (χ3n) is 3.36. The van der Waals surface area contributed by atoms with Gasteiger partial charge in [-0.1, -0.05) is 0 Å². The van der Waals surface area contributed by atoms with Crippen LogP contribution in [0.4, 0.5) is 4.39 Å². The minimum absolute atomic E-state index is 0.0718. The number of aliphatic imine (C=N–C) groups is 1. The van der Waals surface area contributed by atoms with Crippen molar-refractivity contribution >= 4 is 28.9 Å². The molecular formula is C16H14FN3OS. The van der Waals surface area contributed by atoms with Gasteiger partial charge in [-0.15, -0.1) is 0 Å². The van der Waals surface area contributed by atoms with Gasteiger partial charge in [0.1, 0.15) is 5.82 Å². The van der Waals surface area contributed by atoms with Crippen LogP contribution in [0.15, 0.2) is 52.5 Å². The fraction of sp³-hybridized carbons (Fsp3) is 0.125. The molecule has 0 unspecified atom stereocenters. The van der Waals surface area contributed by atoms with Gasteiger partial charge in [-0.25, -0.2) is 4.39 Å². The first-order valence-corrected chi connectivity index (χ1v) is 7.49. The number of nitrogens with zero attached hydrogens (tertiary/aromatic N) is 3. The average molecular weight is 315 g/mol. The number of rotatable bonds is 2. The van der Waals surface area contributed by atoms with Crippen LogP contribution in [0.2, 0.25) is 0 Å². The molecule has 1 amide bonds. The molecule has 0 bridgehead atoms. The number of likely N-dealkylation sites (N-methyl/N-ethyl adjacent to an activating group) is 1. The van der Waals surface area contributed by atoms with E-state index in [1.165, 1.54) is 28.8 Å². The Hall–Kier alpha value is -2.34. The second-order valence-corrected chi connectivity index (χ2v) is 5.77. The van der Waals surface area contributed by atoms with E-state index < -0.39 is 0 Å². The number of carbonyl (C=O) groups excluding carboxylic acids is 1. The maximum Gasteiger partial charge on any atom is 0.266 e. The molecule has 0 atom stereocenters. The average Bonchev–Trinajstić information content (AvgIpc) is 3.08. The summed E-state index contributed by atoms with van der Waals surface area (Å²) in [7, 11) is 3.37. The number of carbonyl (C=O) groups is 1. The van der Waals surface area contributed by atoms with Crippen molar-refractivity contribution in [3.05, 3.63) is 59.0 Å². The highest BCUT2D eigenvalue weighted by Gasteiger charge is 2.29. The van der Waals surface area contributed by atoms with Gasteiger partial charge in [-0.3, -0.25) is 14.7 Å². The lowest BCUT2D eigenvalue weighted by Crippen LogP contribution is -2.23. The van der Waals surface area contributed by atoms with Crippen molar-refractivity contribution in [3.8, 4) is 5.69 Å². The number of hydrogen-bond donors (Lipinski definition) is 0. The summed E-state index contributed by atoms with van der Waals surface area (Å²) in [6, 6.07) is 10.0. The number of amides is 1.